The van der Waals surface area contributed by atoms with E-state index in [1.165, 1.54) is 13.4 Å². The molecule has 0 spiro atoms. The van der Waals surface area contributed by atoms with Gasteiger partial charge in [-0.2, -0.15) is 4.98 Å². The average molecular weight is 290 g/mol. The Balaban J connectivity index is 2.13. The summed E-state index contributed by atoms with van der Waals surface area (Å²) in [5, 5.41) is 3.14. The Morgan fingerprint density at radius 3 is 2.48 bits per heavy atom. The molecule has 0 saturated carbocycles. The van der Waals surface area contributed by atoms with Crippen LogP contribution in [-0.2, 0) is 6.54 Å². The molecule has 0 unspecified atom stereocenters. The lowest BCUT2D eigenvalue weighted by Gasteiger charge is -2.12. The lowest BCUT2D eigenvalue weighted by Crippen LogP contribution is -2.07. The van der Waals surface area contributed by atoms with E-state index >= 15 is 0 Å². The predicted molar refractivity (Wildman–Crippen MR) is 79.9 cm³/mol. The summed E-state index contributed by atoms with van der Waals surface area (Å²) >= 11 is 0. The Bertz CT molecular complexity index is 619. The van der Waals surface area contributed by atoms with Crippen LogP contribution in [0.15, 0.2) is 24.5 Å². The first-order valence-corrected chi connectivity index (χ1v) is 6.28. The molecule has 1 aromatic carbocycles. The van der Waals surface area contributed by atoms with E-state index in [4.69, 9.17) is 19.9 Å². The Morgan fingerprint density at radius 1 is 1.05 bits per heavy atom. The minimum Gasteiger partial charge on any atom is -0.493 e. The predicted octanol–water partition coefficient (Wildman–Crippen LogP) is 1.70. The van der Waals surface area contributed by atoms with Crippen LogP contribution in [0.4, 0.5) is 11.5 Å². The number of rotatable bonds is 6. The second-order valence-electron chi connectivity index (χ2n) is 4.19. The van der Waals surface area contributed by atoms with Crippen molar-refractivity contribution < 1.29 is 14.2 Å². The lowest BCUT2D eigenvalue weighted by molar-refractivity contribution is 0.354. The van der Waals surface area contributed by atoms with Crippen LogP contribution >= 0.6 is 0 Å². The number of hydrogen-bond donors (Lipinski definition) is 2. The largest absolute Gasteiger partial charge is 0.493 e. The smallest absolute Gasteiger partial charge is 0.242 e. The monoisotopic (exact) mass is 290 g/mol. The molecule has 21 heavy (non-hydrogen) atoms. The molecule has 0 radical (unpaired) electrons. The van der Waals surface area contributed by atoms with Crippen molar-refractivity contribution in [2.45, 2.75) is 6.54 Å². The number of ether oxygens (including phenoxy) is 3. The number of anilines is 2. The van der Waals surface area contributed by atoms with Crippen LogP contribution in [0, 0.1) is 0 Å². The van der Waals surface area contributed by atoms with E-state index in [0.717, 1.165) is 5.56 Å². The van der Waals surface area contributed by atoms with Gasteiger partial charge in [0.25, 0.3) is 0 Å². The van der Waals surface area contributed by atoms with E-state index in [9.17, 15) is 0 Å². The molecule has 0 aliphatic rings. The number of hydrogen-bond acceptors (Lipinski definition) is 7. The number of aromatic nitrogens is 2. The van der Waals surface area contributed by atoms with Gasteiger partial charge in [-0.1, -0.05) is 6.07 Å². The van der Waals surface area contributed by atoms with Gasteiger partial charge in [0.15, 0.2) is 17.3 Å². The van der Waals surface area contributed by atoms with Gasteiger partial charge in [-0.3, -0.25) is 0 Å². The van der Waals surface area contributed by atoms with E-state index in [1.807, 2.05) is 18.2 Å². The van der Waals surface area contributed by atoms with E-state index < -0.39 is 0 Å². The highest BCUT2D eigenvalue weighted by Gasteiger charge is 2.09. The topological polar surface area (TPSA) is 91.5 Å². The fraction of sp³-hybridized carbons (Fsp3) is 0.286. The molecule has 0 aliphatic carbocycles. The number of methoxy groups -OCH3 is 3. The maximum Gasteiger partial charge on any atom is 0.242 e. The van der Waals surface area contributed by atoms with Crippen LogP contribution in [0.3, 0.4) is 0 Å². The molecule has 3 N–H and O–H groups in total. The van der Waals surface area contributed by atoms with Crippen molar-refractivity contribution >= 4 is 11.5 Å². The second kappa shape index (κ2) is 6.65. The SMILES string of the molecule is COc1ccc(CNc2ncnc(OC)c2N)cc1OC. The lowest BCUT2D eigenvalue weighted by atomic mass is 10.2. The summed E-state index contributed by atoms with van der Waals surface area (Å²) in [4.78, 5) is 8.02. The molecule has 2 rings (SSSR count). The molecule has 1 heterocycles. The summed E-state index contributed by atoms with van der Waals surface area (Å²) in [6, 6.07) is 5.67. The van der Waals surface area contributed by atoms with Gasteiger partial charge in [0.2, 0.25) is 5.88 Å². The molecule has 2 aromatic rings. The van der Waals surface area contributed by atoms with Crippen LogP contribution in [0.2, 0.25) is 0 Å². The number of nitrogen functional groups attached to an aromatic ring is 1. The summed E-state index contributed by atoms with van der Waals surface area (Å²) in [6.07, 6.45) is 1.39. The highest BCUT2D eigenvalue weighted by atomic mass is 16.5. The second-order valence-corrected chi connectivity index (χ2v) is 4.19. The van der Waals surface area contributed by atoms with Crippen molar-refractivity contribution in [3.8, 4) is 17.4 Å². The van der Waals surface area contributed by atoms with Crippen LogP contribution < -0.4 is 25.3 Å². The van der Waals surface area contributed by atoms with Gasteiger partial charge in [-0.05, 0) is 17.7 Å². The number of benzene rings is 1. The van der Waals surface area contributed by atoms with Gasteiger partial charge >= 0.3 is 0 Å². The zero-order valence-electron chi connectivity index (χ0n) is 12.2. The summed E-state index contributed by atoms with van der Waals surface area (Å²) in [5.74, 6) is 2.23. The fourth-order valence-corrected chi connectivity index (χ4v) is 1.86. The molecular weight excluding hydrogens is 272 g/mol. The third-order valence-corrected chi connectivity index (χ3v) is 2.95. The van der Waals surface area contributed by atoms with Gasteiger partial charge in [-0.25, -0.2) is 4.98 Å². The summed E-state index contributed by atoms with van der Waals surface area (Å²) in [7, 11) is 4.71. The van der Waals surface area contributed by atoms with E-state index in [-0.39, 0.29) is 0 Å². The molecule has 0 atom stereocenters. The highest BCUT2D eigenvalue weighted by molar-refractivity contribution is 5.66. The van der Waals surface area contributed by atoms with Crippen LogP contribution in [0.25, 0.3) is 0 Å². The third-order valence-electron chi connectivity index (χ3n) is 2.95. The first-order chi connectivity index (χ1) is 10.2. The van der Waals surface area contributed by atoms with E-state index in [2.05, 4.69) is 15.3 Å². The third kappa shape index (κ3) is 3.25. The molecule has 0 amide bonds. The first kappa shape index (κ1) is 14.7. The highest BCUT2D eigenvalue weighted by Crippen LogP contribution is 2.28. The minimum absolute atomic E-state index is 0.347. The molecule has 0 aliphatic heterocycles. The van der Waals surface area contributed by atoms with Crippen molar-refractivity contribution in [1.82, 2.24) is 9.97 Å². The van der Waals surface area contributed by atoms with Gasteiger partial charge in [0.1, 0.15) is 12.0 Å². The van der Waals surface area contributed by atoms with Crippen LogP contribution in [0.1, 0.15) is 5.56 Å². The Labute approximate surface area is 123 Å². The Morgan fingerprint density at radius 2 is 1.81 bits per heavy atom. The zero-order chi connectivity index (χ0) is 15.2. The zero-order valence-corrected chi connectivity index (χ0v) is 12.2. The maximum atomic E-state index is 5.90. The summed E-state index contributed by atoms with van der Waals surface area (Å²) < 4.78 is 15.5. The van der Waals surface area contributed by atoms with Gasteiger partial charge in [0.05, 0.1) is 21.3 Å². The van der Waals surface area contributed by atoms with Crippen molar-refractivity contribution in [3.63, 3.8) is 0 Å². The Hall–Kier alpha value is -2.70. The summed E-state index contributed by atoms with van der Waals surface area (Å²) in [5.41, 5.74) is 7.28. The fourth-order valence-electron chi connectivity index (χ4n) is 1.86. The van der Waals surface area contributed by atoms with Crippen LogP contribution in [-0.4, -0.2) is 31.3 Å². The minimum atomic E-state index is 0.347. The standard InChI is InChI=1S/C14H18N4O3/c1-19-10-5-4-9(6-11(10)20-2)7-16-13-12(15)14(21-3)18-8-17-13/h4-6,8H,7,15H2,1-3H3,(H,16,17,18). The maximum absolute atomic E-state index is 5.90. The molecule has 7 nitrogen and oxygen atoms in total. The average Bonchev–Trinajstić information content (AvgIpc) is 2.53. The molecular formula is C14H18N4O3. The molecule has 0 fully saturated rings. The Kier molecular flexibility index (Phi) is 4.65. The molecule has 0 bridgehead atoms. The van der Waals surface area contributed by atoms with E-state index in [1.54, 1.807) is 14.2 Å². The molecule has 7 heteroatoms. The molecule has 0 saturated heterocycles. The number of nitrogens with two attached hydrogens (primary N) is 1. The molecule has 1 aromatic heterocycles. The van der Waals surface area contributed by atoms with Gasteiger partial charge < -0.3 is 25.3 Å². The van der Waals surface area contributed by atoms with Gasteiger partial charge in [-0.15, -0.1) is 0 Å². The first-order valence-electron chi connectivity index (χ1n) is 6.28. The quantitative estimate of drug-likeness (QED) is 0.836. The van der Waals surface area contributed by atoms with Crippen LogP contribution in [0.5, 0.6) is 17.4 Å². The van der Waals surface area contributed by atoms with E-state index in [0.29, 0.717) is 35.4 Å². The van der Waals surface area contributed by atoms with Crippen molar-refractivity contribution in [2.75, 3.05) is 32.4 Å². The van der Waals surface area contributed by atoms with Crippen molar-refractivity contribution in [3.05, 3.63) is 30.1 Å². The number of nitrogens with one attached hydrogen (secondary N) is 1. The van der Waals surface area contributed by atoms with Gasteiger partial charge in [0, 0.05) is 6.54 Å². The number of nitrogens with zero attached hydrogens (tertiary/aromatic N) is 2. The van der Waals surface area contributed by atoms with Crippen molar-refractivity contribution in [1.29, 1.82) is 0 Å². The normalized spacial score (nSPS) is 10.0. The molecule has 112 valence electrons. The summed E-state index contributed by atoms with van der Waals surface area (Å²) in [6.45, 7) is 0.532. The van der Waals surface area contributed by atoms with Crippen molar-refractivity contribution in [2.24, 2.45) is 0 Å².